The molecule has 0 radical (unpaired) electrons. The quantitative estimate of drug-likeness (QED) is 0.602. The van der Waals surface area contributed by atoms with E-state index in [0.29, 0.717) is 15.8 Å². The van der Waals surface area contributed by atoms with Gasteiger partial charge in [0.25, 0.3) is 0 Å². The number of hydrogen-bond acceptors (Lipinski definition) is 3. The molecule has 2 aliphatic rings. The molecule has 0 aromatic carbocycles. The fraction of sp³-hybridized carbons (Fsp3) is 0.125. The number of phosphoric acid groups is 1. The largest absolute Gasteiger partial charge is 0.471 e. The molecule has 0 spiro atoms. The summed E-state index contributed by atoms with van der Waals surface area (Å²) in [7, 11) is -4.71. The van der Waals surface area contributed by atoms with Gasteiger partial charge in [0.05, 0.1) is 5.70 Å². The first kappa shape index (κ1) is 12.2. The van der Waals surface area contributed by atoms with Gasteiger partial charge in [0.1, 0.15) is 0 Å². The van der Waals surface area contributed by atoms with Crippen molar-refractivity contribution >= 4 is 41.6 Å². The Labute approximate surface area is 105 Å². The number of allylic oxidation sites excluding steroid dienone is 3. The number of rotatable bonds is 2. The van der Waals surface area contributed by atoms with Crippen molar-refractivity contribution in [3.05, 3.63) is 34.0 Å². The van der Waals surface area contributed by atoms with Gasteiger partial charge in [0.15, 0.2) is 0 Å². The summed E-state index contributed by atoms with van der Waals surface area (Å²) in [6.07, 6.45) is 6.24. The molecule has 0 fully saturated rings. The summed E-state index contributed by atoms with van der Waals surface area (Å²) in [5, 5.41) is -1.72. The Hall–Kier alpha value is -0.230. The fourth-order valence-electron chi connectivity index (χ4n) is 1.40. The Balaban J connectivity index is 2.44. The third kappa shape index (κ3) is 2.09. The first-order valence-corrected chi connectivity index (χ1v) is 6.81. The molecule has 0 amide bonds. The minimum Gasteiger partial charge on any atom is -0.303 e. The van der Waals surface area contributed by atoms with Crippen molar-refractivity contribution in [3.8, 4) is 0 Å². The third-order valence-corrected chi connectivity index (χ3v) is 4.17. The molecule has 1 aliphatic heterocycles. The van der Waals surface area contributed by atoms with Crippen molar-refractivity contribution in [2.45, 2.75) is 5.06 Å². The minimum atomic E-state index is -4.71. The molecule has 0 aromatic rings. The molecule has 2 N–H and O–H groups in total. The van der Waals surface area contributed by atoms with E-state index in [2.05, 4.69) is 25.4 Å². The standard InChI is InChI=1S/C8H6BrClNO4P/c9-7-2-1-6-5(3-4-11-6)8(7,10)15-16(12,13)14/h1-4H,(H2,12,13,14). The predicted molar refractivity (Wildman–Crippen MR) is 63.4 cm³/mol. The van der Waals surface area contributed by atoms with Crippen LogP contribution in [-0.4, -0.2) is 21.1 Å². The van der Waals surface area contributed by atoms with Gasteiger partial charge >= 0.3 is 7.82 Å². The molecule has 0 bridgehead atoms. The fourth-order valence-corrected chi connectivity index (χ4v) is 2.97. The molecule has 5 nitrogen and oxygen atoms in total. The van der Waals surface area contributed by atoms with Crippen LogP contribution in [0.25, 0.3) is 0 Å². The van der Waals surface area contributed by atoms with Gasteiger partial charge in [-0.15, -0.1) is 0 Å². The highest BCUT2D eigenvalue weighted by molar-refractivity contribution is 9.11. The number of hydrogen-bond donors (Lipinski definition) is 2. The first-order valence-electron chi connectivity index (χ1n) is 4.11. The summed E-state index contributed by atoms with van der Waals surface area (Å²) in [6.45, 7) is 0. The number of phosphoric ester groups is 1. The van der Waals surface area contributed by atoms with E-state index in [-0.39, 0.29) is 0 Å². The van der Waals surface area contributed by atoms with E-state index in [1.54, 1.807) is 12.2 Å². The van der Waals surface area contributed by atoms with Crippen molar-refractivity contribution in [2.24, 2.45) is 4.99 Å². The van der Waals surface area contributed by atoms with Gasteiger partial charge in [-0.05, 0) is 18.2 Å². The molecule has 0 aromatic heterocycles. The van der Waals surface area contributed by atoms with E-state index < -0.39 is 12.9 Å². The Morgan fingerprint density at radius 2 is 2.12 bits per heavy atom. The smallest absolute Gasteiger partial charge is 0.303 e. The van der Waals surface area contributed by atoms with E-state index in [4.69, 9.17) is 21.4 Å². The van der Waals surface area contributed by atoms with Crippen molar-refractivity contribution < 1.29 is 18.9 Å². The van der Waals surface area contributed by atoms with Crippen molar-refractivity contribution in [3.63, 3.8) is 0 Å². The van der Waals surface area contributed by atoms with Gasteiger partial charge in [-0.3, -0.25) is 9.52 Å². The van der Waals surface area contributed by atoms with Crippen LogP contribution in [0.5, 0.6) is 0 Å². The highest BCUT2D eigenvalue weighted by Gasteiger charge is 2.45. The Kier molecular flexibility index (Phi) is 2.99. The lowest BCUT2D eigenvalue weighted by molar-refractivity contribution is 0.155. The van der Waals surface area contributed by atoms with Gasteiger partial charge in [0, 0.05) is 16.3 Å². The zero-order valence-corrected chi connectivity index (χ0v) is 10.9. The average molecular weight is 326 g/mol. The van der Waals surface area contributed by atoms with Crippen LogP contribution in [0, 0.1) is 0 Å². The summed E-state index contributed by atoms with van der Waals surface area (Å²) >= 11 is 9.21. The predicted octanol–water partition coefficient (Wildman–Crippen LogP) is 2.22. The Morgan fingerprint density at radius 1 is 1.44 bits per heavy atom. The van der Waals surface area contributed by atoms with Gasteiger partial charge < -0.3 is 9.79 Å². The van der Waals surface area contributed by atoms with Gasteiger partial charge in [-0.25, -0.2) is 4.57 Å². The zero-order chi connectivity index (χ0) is 12.0. The SMILES string of the molecule is O=P(O)(O)OC1(Cl)C(Br)=CC=C2N=CC=C21. The normalized spacial score (nSPS) is 28.4. The van der Waals surface area contributed by atoms with Crippen LogP contribution in [0.15, 0.2) is 39.0 Å². The summed E-state index contributed by atoms with van der Waals surface area (Å²) < 4.78 is 15.8. The number of aliphatic imine (C=N–C) groups is 1. The second-order valence-electron chi connectivity index (χ2n) is 3.10. The summed E-state index contributed by atoms with van der Waals surface area (Å²) in [5.41, 5.74) is 0.915. The topological polar surface area (TPSA) is 79.1 Å². The maximum Gasteiger partial charge on any atom is 0.471 e. The van der Waals surface area contributed by atoms with Crippen molar-refractivity contribution in [1.82, 2.24) is 0 Å². The minimum absolute atomic E-state index is 0.311. The number of fused-ring (bicyclic) bond motifs is 1. The van der Waals surface area contributed by atoms with Crippen LogP contribution in [0.1, 0.15) is 0 Å². The first-order chi connectivity index (χ1) is 7.33. The van der Waals surface area contributed by atoms with Gasteiger partial charge in [-0.2, -0.15) is 0 Å². The van der Waals surface area contributed by atoms with Crippen molar-refractivity contribution in [1.29, 1.82) is 0 Å². The van der Waals surface area contributed by atoms with E-state index >= 15 is 0 Å². The Morgan fingerprint density at radius 3 is 2.75 bits per heavy atom. The molecule has 1 aliphatic carbocycles. The molecule has 1 atom stereocenters. The van der Waals surface area contributed by atoms with Crippen LogP contribution < -0.4 is 0 Å². The molecule has 86 valence electrons. The van der Waals surface area contributed by atoms with E-state index in [1.165, 1.54) is 12.3 Å². The third-order valence-electron chi connectivity index (χ3n) is 2.02. The van der Waals surface area contributed by atoms with Crippen LogP contribution in [-0.2, 0) is 9.09 Å². The average Bonchev–Trinajstić information content (AvgIpc) is 2.58. The van der Waals surface area contributed by atoms with E-state index in [1.807, 2.05) is 0 Å². The van der Waals surface area contributed by atoms with Crippen LogP contribution >= 0.6 is 35.4 Å². The lowest BCUT2D eigenvalue weighted by atomic mass is 10.0. The van der Waals surface area contributed by atoms with Crippen LogP contribution in [0.4, 0.5) is 0 Å². The molecule has 1 heterocycles. The lowest BCUT2D eigenvalue weighted by Gasteiger charge is -2.30. The van der Waals surface area contributed by atoms with Crippen molar-refractivity contribution in [2.75, 3.05) is 0 Å². The molecular formula is C8H6BrClNO4P. The monoisotopic (exact) mass is 325 g/mol. The molecule has 16 heavy (non-hydrogen) atoms. The lowest BCUT2D eigenvalue weighted by Crippen LogP contribution is -2.29. The van der Waals surface area contributed by atoms with Crippen LogP contribution in [0.3, 0.4) is 0 Å². The van der Waals surface area contributed by atoms with Gasteiger partial charge in [0.2, 0.25) is 5.06 Å². The van der Waals surface area contributed by atoms with Gasteiger partial charge in [-0.1, -0.05) is 27.5 Å². The Bertz CT molecular complexity index is 506. The number of nitrogens with zero attached hydrogens (tertiary/aromatic N) is 1. The highest BCUT2D eigenvalue weighted by Crippen LogP contribution is 2.54. The second kappa shape index (κ2) is 3.91. The number of halogens is 2. The van der Waals surface area contributed by atoms with Crippen LogP contribution in [0.2, 0.25) is 0 Å². The summed E-state index contributed by atoms with van der Waals surface area (Å²) in [5.74, 6) is 0. The molecule has 0 saturated carbocycles. The number of alkyl halides is 1. The molecule has 0 saturated heterocycles. The summed E-state index contributed by atoms with van der Waals surface area (Å²) in [6, 6.07) is 0. The second-order valence-corrected chi connectivity index (χ2v) is 5.65. The molecule has 1 unspecified atom stereocenters. The van der Waals surface area contributed by atoms with E-state index in [0.717, 1.165) is 0 Å². The molecular weight excluding hydrogens is 320 g/mol. The maximum atomic E-state index is 10.9. The highest BCUT2D eigenvalue weighted by atomic mass is 79.9. The molecule has 2 rings (SSSR count). The zero-order valence-electron chi connectivity index (χ0n) is 7.67. The molecule has 8 heteroatoms. The summed E-state index contributed by atoms with van der Waals surface area (Å²) in [4.78, 5) is 21.7. The maximum absolute atomic E-state index is 10.9. The van der Waals surface area contributed by atoms with E-state index in [9.17, 15) is 4.57 Å².